The van der Waals surface area contributed by atoms with E-state index in [4.69, 9.17) is 0 Å². The van der Waals surface area contributed by atoms with Crippen LogP contribution in [0.25, 0.3) is 5.69 Å². The summed E-state index contributed by atoms with van der Waals surface area (Å²) in [5, 5.41) is 0. The smallest absolute Gasteiger partial charge is 0.211 e. The van der Waals surface area contributed by atoms with Crippen LogP contribution in [0.5, 0.6) is 0 Å². The van der Waals surface area contributed by atoms with Crippen LogP contribution in [0.4, 0.5) is 0 Å². The fourth-order valence-electron chi connectivity index (χ4n) is 2.58. The first-order chi connectivity index (χ1) is 10.4. The van der Waals surface area contributed by atoms with E-state index in [0.717, 1.165) is 29.1 Å². The Kier molecular flexibility index (Phi) is 5.42. The van der Waals surface area contributed by atoms with Crippen molar-refractivity contribution in [3.63, 3.8) is 0 Å². The number of nitrogens with one attached hydrogen (secondary N) is 1. The Labute approximate surface area is 133 Å². The summed E-state index contributed by atoms with van der Waals surface area (Å²) in [6, 6.07) is 12.1. The molecule has 0 bridgehead atoms. The highest BCUT2D eigenvalue weighted by molar-refractivity contribution is 7.89. The second-order valence-corrected chi connectivity index (χ2v) is 7.49. The number of aryl methyl sites for hydroxylation is 1. The monoisotopic (exact) mass is 320 g/mol. The lowest BCUT2D eigenvalue weighted by Gasteiger charge is -2.10. The molecule has 4 nitrogen and oxygen atoms in total. The molecule has 0 saturated carbocycles. The third kappa shape index (κ3) is 3.99. The maximum absolute atomic E-state index is 11.9. The number of unbranched alkanes of at least 4 members (excludes halogenated alkanes) is 1. The van der Waals surface area contributed by atoms with Crippen molar-refractivity contribution in [3.05, 3.63) is 53.3 Å². The van der Waals surface area contributed by atoms with Gasteiger partial charge in [-0.05, 0) is 44.0 Å². The zero-order valence-electron chi connectivity index (χ0n) is 13.5. The number of hydrogen-bond donors (Lipinski definition) is 1. The normalized spacial score (nSPS) is 11.8. The third-order valence-corrected chi connectivity index (χ3v) is 5.21. The van der Waals surface area contributed by atoms with Gasteiger partial charge in [0.25, 0.3) is 0 Å². The molecular weight excluding hydrogens is 296 g/mol. The van der Waals surface area contributed by atoms with Crippen molar-refractivity contribution >= 4 is 10.0 Å². The van der Waals surface area contributed by atoms with Crippen molar-refractivity contribution < 1.29 is 8.42 Å². The van der Waals surface area contributed by atoms with Crippen LogP contribution in [0.15, 0.2) is 36.4 Å². The second-order valence-electron chi connectivity index (χ2n) is 5.56. The van der Waals surface area contributed by atoms with Crippen LogP contribution in [-0.4, -0.2) is 18.7 Å². The first-order valence-corrected chi connectivity index (χ1v) is 9.30. The van der Waals surface area contributed by atoms with E-state index >= 15 is 0 Å². The van der Waals surface area contributed by atoms with Gasteiger partial charge in [0, 0.05) is 23.6 Å². The van der Waals surface area contributed by atoms with Gasteiger partial charge in [0.15, 0.2) is 0 Å². The fourth-order valence-corrected chi connectivity index (χ4v) is 3.77. The van der Waals surface area contributed by atoms with Crippen molar-refractivity contribution in [1.29, 1.82) is 0 Å². The van der Waals surface area contributed by atoms with Gasteiger partial charge in [-0.15, -0.1) is 0 Å². The van der Waals surface area contributed by atoms with Gasteiger partial charge in [0.1, 0.15) is 0 Å². The van der Waals surface area contributed by atoms with Crippen LogP contribution in [0, 0.1) is 13.8 Å². The molecule has 22 heavy (non-hydrogen) atoms. The maximum Gasteiger partial charge on any atom is 0.211 e. The van der Waals surface area contributed by atoms with Crippen LogP contribution >= 0.6 is 0 Å². The van der Waals surface area contributed by atoms with Gasteiger partial charge < -0.3 is 4.57 Å². The Balaban J connectivity index is 2.18. The Morgan fingerprint density at radius 2 is 1.82 bits per heavy atom. The van der Waals surface area contributed by atoms with E-state index in [2.05, 4.69) is 21.4 Å². The van der Waals surface area contributed by atoms with E-state index in [1.54, 1.807) is 0 Å². The zero-order valence-corrected chi connectivity index (χ0v) is 14.3. The molecule has 0 aliphatic carbocycles. The average Bonchev–Trinajstić information content (AvgIpc) is 2.78. The highest BCUT2D eigenvalue weighted by atomic mass is 32.2. The third-order valence-electron chi connectivity index (χ3n) is 3.80. The minimum Gasteiger partial charge on any atom is -0.318 e. The Morgan fingerprint density at radius 3 is 2.45 bits per heavy atom. The minimum absolute atomic E-state index is 0.195. The van der Waals surface area contributed by atoms with Crippen LogP contribution in [-0.2, 0) is 16.6 Å². The molecule has 5 heteroatoms. The van der Waals surface area contributed by atoms with E-state index in [-0.39, 0.29) is 5.75 Å². The van der Waals surface area contributed by atoms with E-state index in [0.29, 0.717) is 13.0 Å². The molecular formula is C17H24N2O2S. The molecule has 2 rings (SSSR count). The second kappa shape index (κ2) is 7.11. The summed E-state index contributed by atoms with van der Waals surface area (Å²) >= 11 is 0. The molecule has 0 spiro atoms. The summed E-state index contributed by atoms with van der Waals surface area (Å²) in [4.78, 5) is 0. The number of rotatable bonds is 7. The molecule has 2 aromatic rings. The first-order valence-electron chi connectivity index (χ1n) is 7.65. The lowest BCUT2D eigenvalue weighted by atomic mass is 10.2. The topological polar surface area (TPSA) is 51.1 Å². The van der Waals surface area contributed by atoms with Gasteiger partial charge in [-0.1, -0.05) is 31.5 Å². The Morgan fingerprint density at radius 1 is 1.14 bits per heavy atom. The quantitative estimate of drug-likeness (QED) is 0.851. The number of benzene rings is 1. The first kappa shape index (κ1) is 16.8. The molecule has 120 valence electrons. The molecule has 0 aliphatic heterocycles. The number of sulfonamides is 1. The van der Waals surface area contributed by atoms with E-state index in [9.17, 15) is 8.42 Å². The van der Waals surface area contributed by atoms with Gasteiger partial charge in [-0.25, -0.2) is 13.1 Å². The molecule has 1 aromatic heterocycles. The van der Waals surface area contributed by atoms with Crippen molar-refractivity contribution in [2.75, 3.05) is 5.75 Å². The lowest BCUT2D eigenvalue weighted by molar-refractivity contribution is 0.578. The molecule has 0 amide bonds. The fraction of sp³-hybridized carbons (Fsp3) is 0.412. The van der Waals surface area contributed by atoms with Gasteiger partial charge >= 0.3 is 0 Å². The molecule has 1 heterocycles. The average molecular weight is 320 g/mol. The molecule has 0 atom stereocenters. The predicted octanol–water partition coefficient (Wildman–Crippen LogP) is 3.31. The molecule has 0 unspecified atom stereocenters. The SMILES string of the molecule is CCCCS(=O)(=O)NCc1cc(C)n(-c2ccccc2)c1C. The number of hydrogen-bond acceptors (Lipinski definition) is 2. The zero-order chi connectivity index (χ0) is 16.2. The highest BCUT2D eigenvalue weighted by Gasteiger charge is 2.14. The van der Waals surface area contributed by atoms with Gasteiger partial charge in [-0.3, -0.25) is 0 Å². The molecule has 0 radical (unpaired) electrons. The number of nitrogens with zero attached hydrogens (tertiary/aromatic N) is 1. The van der Waals surface area contributed by atoms with E-state index in [1.165, 1.54) is 0 Å². The molecule has 0 fully saturated rings. The van der Waals surface area contributed by atoms with E-state index < -0.39 is 10.0 Å². The summed E-state index contributed by atoms with van der Waals surface area (Å²) in [5.41, 5.74) is 4.28. The lowest BCUT2D eigenvalue weighted by Crippen LogP contribution is -2.26. The van der Waals surface area contributed by atoms with Crippen molar-refractivity contribution in [2.45, 2.75) is 40.2 Å². The van der Waals surface area contributed by atoms with Gasteiger partial charge in [0.05, 0.1) is 5.75 Å². The molecule has 1 aromatic carbocycles. The van der Waals surface area contributed by atoms with Gasteiger partial charge in [0.2, 0.25) is 10.0 Å². The molecule has 0 aliphatic rings. The number of para-hydroxylation sites is 1. The van der Waals surface area contributed by atoms with Crippen molar-refractivity contribution in [3.8, 4) is 5.69 Å². The van der Waals surface area contributed by atoms with Crippen LogP contribution in [0.1, 0.15) is 36.7 Å². The van der Waals surface area contributed by atoms with Gasteiger partial charge in [-0.2, -0.15) is 0 Å². The number of aromatic nitrogens is 1. The predicted molar refractivity (Wildman–Crippen MR) is 90.8 cm³/mol. The summed E-state index contributed by atoms with van der Waals surface area (Å²) in [5.74, 6) is 0.195. The summed E-state index contributed by atoms with van der Waals surface area (Å²) in [7, 11) is -3.19. The largest absolute Gasteiger partial charge is 0.318 e. The van der Waals surface area contributed by atoms with Crippen molar-refractivity contribution in [2.24, 2.45) is 0 Å². The van der Waals surface area contributed by atoms with Crippen LogP contribution in [0.3, 0.4) is 0 Å². The summed E-state index contributed by atoms with van der Waals surface area (Å²) in [6.07, 6.45) is 1.57. The standard InChI is InChI=1S/C17H24N2O2S/c1-4-5-11-22(20,21)18-13-16-12-14(2)19(15(16)3)17-9-7-6-8-10-17/h6-10,12,18H,4-5,11,13H2,1-3H3. The Bertz CT molecular complexity index is 719. The molecule has 1 N–H and O–H groups in total. The van der Waals surface area contributed by atoms with Crippen LogP contribution < -0.4 is 4.72 Å². The van der Waals surface area contributed by atoms with Crippen molar-refractivity contribution in [1.82, 2.24) is 9.29 Å². The highest BCUT2D eigenvalue weighted by Crippen LogP contribution is 2.20. The minimum atomic E-state index is -3.19. The van der Waals surface area contributed by atoms with Crippen LogP contribution in [0.2, 0.25) is 0 Å². The Hall–Kier alpha value is -1.59. The molecule has 0 saturated heterocycles. The summed E-state index contributed by atoms with van der Waals surface area (Å²) < 4.78 is 28.7. The van der Waals surface area contributed by atoms with E-state index in [1.807, 2.05) is 45.0 Å². The maximum atomic E-state index is 11.9. The summed E-state index contributed by atoms with van der Waals surface area (Å²) in [6.45, 7) is 6.40.